The second-order valence-electron chi connectivity index (χ2n) is 6.06. The quantitative estimate of drug-likeness (QED) is 0.925. The van der Waals surface area contributed by atoms with Gasteiger partial charge in [0.1, 0.15) is 5.82 Å². The van der Waals surface area contributed by atoms with Gasteiger partial charge in [-0.1, -0.05) is 0 Å². The molecular formula is C16H21FN2O. The van der Waals surface area contributed by atoms with E-state index in [2.05, 4.69) is 31.1 Å². The van der Waals surface area contributed by atoms with Gasteiger partial charge in [0.05, 0.1) is 6.20 Å². The Balaban J connectivity index is 2.05. The van der Waals surface area contributed by atoms with Crippen LogP contribution in [0.3, 0.4) is 0 Å². The summed E-state index contributed by atoms with van der Waals surface area (Å²) in [5.41, 5.74) is 1.67. The van der Waals surface area contributed by atoms with E-state index < -0.39 is 0 Å². The standard InChI is InChI=1S/C16H21FN2O/c1-11-7-12(9-13(17)8-11)14-10-18-15(20-14)5-6-19-16(2,3)4/h7-10,19H,5-6H2,1-4H3. The van der Waals surface area contributed by atoms with E-state index in [0.29, 0.717) is 18.1 Å². The number of halogens is 1. The van der Waals surface area contributed by atoms with E-state index >= 15 is 0 Å². The summed E-state index contributed by atoms with van der Waals surface area (Å²) in [4.78, 5) is 4.24. The van der Waals surface area contributed by atoms with Gasteiger partial charge in [-0.15, -0.1) is 0 Å². The maximum absolute atomic E-state index is 13.4. The van der Waals surface area contributed by atoms with E-state index in [0.717, 1.165) is 17.7 Å². The van der Waals surface area contributed by atoms with Crippen molar-refractivity contribution in [3.05, 3.63) is 41.7 Å². The zero-order valence-electron chi connectivity index (χ0n) is 12.5. The summed E-state index contributed by atoms with van der Waals surface area (Å²) >= 11 is 0. The van der Waals surface area contributed by atoms with Crippen molar-refractivity contribution in [3.63, 3.8) is 0 Å². The van der Waals surface area contributed by atoms with Crippen molar-refractivity contribution in [2.24, 2.45) is 0 Å². The molecule has 4 heteroatoms. The number of aryl methyl sites for hydroxylation is 1. The average molecular weight is 276 g/mol. The van der Waals surface area contributed by atoms with Crippen LogP contribution >= 0.6 is 0 Å². The van der Waals surface area contributed by atoms with Gasteiger partial charge in [-0.05, 0) is 51.5 Å². The van der Waals surface area contributed by atoms with Crippen LogP contribution in [-0.2, 0) is 6.42 Å². The minimum absolute atomic E-state index is 0.0785. The van der Waals surface area contributed by atoms with E-state index in [1.165, 1.54) is 12.1 Å². The normalized spacial score (nSPS) is 11.8. The minimum atomic E-state index is -0.257. The van der Waals surface area contributed by atoms with Crippen molar-refractivity contribution in [1.29, 1.82) is 0 Å². The van der Waals surface area contributed by atoms with Crippen molar-refractivity contribution in [2.45, 2.75) is 39.7 Å². The molecule has 0 aliphatic rings. The molecule has 0 radical (unpaired) electrons. The maximum Gasteiger partial charge on any atom is 0.196 e. The first-order valence-electron chi connectivity index (χ1n) is 6.81. The lowest BCUT2D eigenvalue weighted by Crippen LogP contribution is -2.37. The first kappa shape index (κ1) is 14.7. The van der Waals surface area contributed by atoms with Gasteiger partial charge in [0, 0.05) is 24.1 Å². The molecule has 0 bridgehead atoms. The molecule has 0 aliphatic heterocycles. The number of hydrogen-bond donors (Lipinski definition) is 1. The van der Waals surface area contributed by atoms with Crippen LogP contribution in [0.25, 0.3) is 11.3 Å². The lowest BCUT2D eigenvalue weighted by Gasteiger charge is -2.19. The van der Waals surface area contributed by atoms with E-state index in [1.807, 2.05) is 13.0 Å². The Morgan fingerprint density at radius 3 is 2.65 bits per heavy atom. The average Bonchev–Trinajstić information content (AvgIpc) is 2.74. The molecule has 20 heavy (non-hydrogen) atoms. The highest BCUT2D eigenvalue weighted by Crippen LogP contribution is 2.22. The molecule has 0 saturated carbocycles. The Morgan fingerprint density at radius 2 is 2.00 bits per heavy atom. The molecule has 0 atom stereocenters. The molecule has 0 unspecified atom stereocenters. The third kappa shape index (κ3) is 4.17. The summed E-state index contributed by atoms with van der Waals surface area (Å²) in [5.74, 6) is 1.02. The van der Waals surface area contributed by atoms with E-state index in [-0.39, 0.29) is 11.4 Å². The monoisotopic (exact) mass is 276 g/mol. The largest absolute Gasteiger partial charge is 0.441 e. The van der Waals surface area contributed by atoms with Crippen LogP contribution in [0.2, 0.25) is 0 Å². The highest BCUT2D eigenvalue weighted by molar-refractivity contribution is 5.57. The molecule has 1 heterocycles. The molecule has 2 aromatic rings. The highest BCUT2D eigenvalue weighted by atomic mass is 19.1. The van der Waals surface area contributed by atoms with Gasteiger partial charge in [0.2, 0.25) is 0 Å². The molecule has 0 aliphatic carbocycles. The number of hydrogen-bond acceptors (Lipinski definition) is 3. The lowest BCUT2D eigenvalue weighted by atomic mass is 10.1. The smallest absolute Gasteiger partial charge is 0.196 e. The SMILES string of the molecule is Cc1cc(F)cc(-c2cnc(CCNC(C)(C)C)o2)c1. The van der Waals surface area contributed by atoms with E-state index in [1.54, 1.807) is 6.20 Å². The second kappa shape index (κ2) is 5.75. The fourth-order valence-corrected chi connectivity index (χ4v) is 1.98. The molecule has 108 valence electrons. The summed E-state index contributed by atoms with van der Waals surface area (Å²) < 4.78 is 19.1. The first-order valence-corrected chi connectivity index (χ1v) is 6.81. The third-order valence-corrected chi connectivity index (χ3v) is 2.87. The fourth-order valence-electron chi connectivity index (χ4n) is 1.98. The lowest BCUT2D eigenvalue weighted by molar-refractivity contribution is 0.411. The third-order valence-electron chi connectivity index (χ3n) is 2.87. The van der Waals surface area contributed by atoms with Crippen LogP contribution in [0, 0.1) is 12.7 Å². The Kier molecular flexibility index (Phi) is 4.23. The number of benzene rings is 1. The zero-order chi connectivity index (χ0) is 14.8. The van der Waals surface area contributed by atoms with Gasteiger partial charge in [0.25, 0.3) is 0 Å². The molecule has 0 saturated heterocycles. The molecule has 3 nitrogen and oxygen atoms in total. The van der Waals surface area contributed by atoms with Crippen molar-refractivity contribution >= 4 is 0 Å². The molecular weight excluding hydrogens is 255 g/mol. The van der Waals surface area contributed by atoms with Crippen LogP contribution in [0.1, 0.15) is 32.2 Å². The Bertz CT molecular complexity index is 564. The fraction of sp³-hybridized carbons (Fsp3) is 0.438. The number of oxazole rings is 1. The van der Waals surface area contributed by atoms with Gasteiger partial charge in [-0.25, -0.2) is 9.37 Å². The van der Waals surface area contributed by atoms with Crippen LogP contribution in [0.4, 0.5) is 4.39 Å². The molecule has 1 aromatic carbocycles. The maximum atomic E-state index is 13.4. The van der Waals surface area contributed by atoms with Gasteiger partial charge in [-0.2, -0.15) is 0 Å². The van der Waals surface area contributed by atoms with E-state index in [4.69, 9.17) is 4.42 Å². The molecule has 1 aromatic heterocycles. The molecule has 2 rings (SSSR count). The predicted octanol–water partition coefficient (Wildman–Crippen LogP) is 3.72. The summed E-state index contributed by atoms with van der Waals surface area (Å²) in [6, 6.07) is 4.85. The molecule has 0 fully saturated rings. The summed E-state index contributed by atoms with van der Waals surface area (Å²) in [6.07, 6.45) is 2.37. The second-order valence-corrected chi connectivity index (χ2v) is 6.06. The Morgan fingerprint density at radius 1 is 1.25 bits per heavy atom. The number of nitrogens with zero attached hydrogens (tertiary/aromatic N) is 1. The van der Waals surface area contributed by atoms with Crippen molar-refractivity contribution in [1.82, 2.24) is 10.3 Å². The van der Waals surface area contributed by atoms with Crippen molar-refractivity contribution in [3.8, 4) is 11.3 Å². The molecule has 0 amide bonds. The predicted molar refractivity (Wildman–Crippen MR) is 78.1 cm³/mol. The van der Waals surface area contributed by atoms with Gasteiger partial charge >= 0.3 is 0 Å². The van der Waals surface area contributed by atoms with Crippen molar-refractivity contribution in [2.75, 3.05) is 6.54 Å². The van der Waals surface area contributed by atoms with Crippen molar-refractivity contribution < 1.29 is 8.81 Å². The van der Waals surface area contributed by atoms with Gasteiger partial charge < -0.3 is 9.73 Å². The number of aromatic nitrogens is 1. The minimum Gasteiger partial charge on any atom is -0.441 e. The Hall–Kier alpha value is -1.68. The Labute approximate surface area is 119 Å². The summed E-state index contributed by atoms with van der Waals surface area (Å²) in [6.45, 7) is 9.00. The van der Waals surface area contributed by atoms with Crippen LogP contribution < -0.4 is 5.32 Å². The summed E-state index contributed by atoms with van der Waals surface area (Å²) in [7, 11) is 0. The van der Waals surface area contributed by atoms with Gasteiger partial charge in [-0.3, -0.25) is 0 Å². The number of nitrogens with one attached hydrogen (secondary N) is 1. The molecule has 0 spiro atoms. The highest BCUT2D eigenvalue weighted by Gasteiger charge is 2.11. The number of rotatable bonds is 4. The van der Waals surface area contributed by atoms with Crippen LogP contribution in [0.15, 0.2) is 28.8 Å². The van der Waals surface area contributed by atoms with Crippen LogP contribution in [-0.4, -0.2) is 17.1 Å². The van der Waals surface area contributed by atoms with E-state index in [9.17, 15) is 4.39 Å². The zero-order valence-corrected chi connectivity index (χ0v) is 12.5. The van der Waals surface area contributed by atoms with Crippen LogP contribution in [0.5, 0.6) is 0 Å². The molecule has 1 N–H and O–H groups in total. The van der Waals surface area contributed by atoms with Gasteiger partial charge in [0.15, 0.2) is 11.7 Å². The first-order chi connectivity index (χ1) is 9.33. The topological polar surface area (TPSA) is 38.1 Å². The summed E-state index contributed by atoms with van der Waals surface area (Å²) in [5, 5.41) is 3.38.